The lowest BCUT2D eigenvalue weighted by Crippen LogP contribution is -2.53. The molecule has 7 heteroatoms. The van der Waals surface area contributed by atoms with Gasteiger partial charge in [-0.15, -0.1) is 0 Å². The molecule has 2 atom stereocenters. The van der Waals surface area contributed by atoms with Crippen molar-refractivity contribution in [3.8, 4) is 11.4 Å². The van der Waals surface area contributed by atoms with Gasteiger partial charge in [0.2, 0.25) is 0 Å². The number of hydrogen-bond acceptors (Lipinski definition) is 6. The average Bonchev–Trinajstić information content (AvgIpc) is 2.71. The van der Waals surface area contributed by atoms with E-state index < -0.39 is 6.10 Å². The summed E-state index contributed by atoms with van der Waals surface area (Å²) in [6, 6.07) is 11.1. The van der Waals surface area contributed by atoms with E-state index in [2.05, 4.69) is 29.1 Å². The molecule has 29 heavy (non-hydrogen) atoms. The molecule has 2 unspecified atom stereocenters. The zero-order chi connectivity index (χ0) is 20.6. The largest absolute Gasteiger partial charge is 0.388 e. The summed E-state index contributed by atoms with van der Waals surface area (Å²) in [4.78, 5) is 25.8. The molecule has 0 spiro atoms. The quantitative estimate of drug-likeness (QED) is 0.710. The first-order valence-corrected chi connectivity index (χ1v) is 9.73. The maximum Gasteiger partial charge on any atom is 0.255 e. The summed E-state index contributed by atoms with van der Waals surface area (Å²) < 4.78 is 1.64. The first kappa shape index (κ1) is 19.4. The summed E-state index contributed by atoms with van der Waals surface area (Å²) in [5.74, 6) is 0.503. The summed E-state index contributed by atoms with van der Waals surface area (Å²) in [5.41, 5.74) is 2.66. The van der Waals surface area contributed by atoms with Crippen molar-refractivity contribution in [3.05, 3.63) is 76.2 Å². The third-order valence-corrected chi connectivity index (χ3v) is 5.68. The topological polar surface area (TPSA) is 92.9 Å². The molecule has 1 aliphatic rings. The smallest absolute Gasteiger partial charge is 0.255 e. The van der Waals surface area contributed by atoms with Crippen molar-refractivity contribution < 1.29 is 5.11 Å². The highest BCUT2D eigenvalue weighted by atomic mass is 16.3. The van der Waals surface area contributed by atoms with Crippen molar-refractivity contribution in [2.75, 3.05) is 0 Å². The molecule has 1 aliphatic heterocycles. The number of hydrogen-bond donors (Lipinski definition) is 2. The Hall–Kier alpha value is -2.90. The highest BCUT2D eigenvalue weighted by Gasteiger charge is 2.39. The molecular weight excluding hydrogens is 366 g/mol. The second-order valence-electron chi connectivity index (χ2n) is 8.13. The van der Waals surface area contributed by atoms with E-state index in [-0.39, 0.29) is 17.0 Å². The fourth-order valence-electron chi connectivity index (χ4n) is 3.80. The zero-order valence-electron chi connectivity index (χ0n) is 16.8. The number of nitrogens with one attached hydrogen (secondary N) is 1. The molecule has 0 saturated heterocycles. The predicted molar refractivity (Wildman–Crippen MR) is 110 cm³/mol. The van der Waals surface area contributed by atoms with Gasteiger partial charge in [-0.05, 0) is 38.8 Å². The van der Waals surface area contributed by atoms with Crippen molar-refractivity contribution in [2.45, 2.75) is 51.4 Å². The van der Waals surface area contributed by atoms with Gasteiger partial charge < -0.3 is 5.11 Å². The van der Waals surface area contributed by atoms with E-state index in [4.69, 9.17) is 4.98 Å². The van der Waals surface area contributed by atoms with Gasteiger partial charge in [0.25, 0.3) is 5.56 Å². The van der Waals surface area contributed by atoms with Crippen LogP contribution in [-0.4, -0.2) is 30.2 Å². The van der Waals surface area contributed by atoms with Crippen LogP contribution in [0, 0.1) is 6.92 Å². The van der Waals surface area contributed by atoms with Crippen LogP contribution in [0.15, 0.2) is 53.7 Å². The molecule has 0 bridgehead atoms. The van der Waals surface area contributed by atoms with Gasteiger partial charge in [0.1, 0.15) is 12.2 Å². The minimum atomic E-state index is -0.659. The fourth-order valence-corrected chi connectivity index (χ4v) is 3.80. The maximum absolute atomic E-state index is 12.8. The number of aromatic nitrogens is 4. The predicted octanol–water partition coefficient (Wildman–Crippen LogP) is 2.56. The number of nitrogens with zero attached hydrogens (tertiary/aromatic N) is 4. The van der Waals surface area contributed by atoms with Crippen LogP contribution in [0.2, 0.25) is 0 Å². The van der Waals surface area contributed by atoms with Gasteiger partial charge >= 0.3 is 0 Å². The number of benzene rings is 1. The molecule has 7 nitrogen and oxygen atoms in total. The highest BCUT2D eigenvalue weighted by molar-refractivity contribution is 5.52. The molecule has 3 heterocycles. The Labute approximate surface area is 169 Å². The Bertz CT molecular complexity index is 1060. The van der Waals surface area contributed by atoms with Crippen molar-refractivity contribution >= 4 is 0 Å². The standard InChI is InChI=1S/C22H25N5O2/c1-14-4-6-15(7-5-14)19(28)10-16-21-26-18(17-8-9-23-12-24-17)11-20(29)27(21)13-25-22(16,2)3/h4-9,11-12,16,19,25,28H,10,13H2,1-3H3. The van der Waals surface area contributed by atoms with Crippen LogP contribution in [-0.2, 0) is 6.67 Å². The van der Waals surface area contributed by atoms with Gasteiger partial charge in [-0.25, -0.2) is 15.0 Å². The number of aliphatic hydroxyl groups is 1. The van der Waals surface area contributed by atoms with Gasteiger partial charge in [0, 0.05) is 23.7 Å². The molecule has 0 saturated carbocycles. The molecular formula is C22H25N5O2. The first-order valence-electron chi connectivity index (χ1n) is 9.73. The Morgan fingerprint density at radius 1 is 1.24 bits per heavy atom. The van der Waals surface area contributed by atoms with Gasteiger partial charge in [0.05, 0.1) is 24.2 Å². The summed E-state index contributed by atoms with van der Waals surface area (Å²) in [6.07, 6.45) is 2.86. The van der Waals surface area contributed by atoms with Crippen LogP contribution in [0.3, 0.4) is 0 Å². The van der Waals surface area contributed by atoms with E-state index in [9.17, 15) is 9.90 Å². The van der Waals surface area contributed by atoms with E-state index in [1.54, 1.807) is 16.8 Å². The van der Waals surface area contributed by atoms with Crippen LogP contribution >= 0.6 is 0 Å². The molecule has 0 aliphatic carbocycles. The Morgan fingerprint density at radius 3 is 2.69 bits per heavy atom. The lowest BCUT2D eigenvalue weighted by atomic mass is 9.80. The lowest BCUT2D eigenvalue weighted by molar-refractivity contribution is 0.119. The molecule has 150 valence electrons. The fraction of sp³-hybridized carbons (Fsp3) is 0.364. The molecule has 4 rings (SSSR count). The zero-order valence-corrected chi connectivity index (χ0v) is 16.8. The Morgan fingerprint density at radius 2 is 2.00 bits per heavy atom. The molecule has 0 amide bonds. The maximum atomic E-state index is 12.8. The van der Waals surface area contributed by atoms with Crippen LogP contribution < -0.4 is 10.9 Å². The van der Waals surface area contributed by atoms with E-state index in [0.717, 1.165) is 11.1 Å². The Kier molecular flexibility index (Phi) is 5.02. The third kappa shape index (κ3) is 3.83. The summed E-state index contributed by atoms with van der Waals surface area (Å²) >= 11 is 0. The molecule has 0 fully saturated rings. The lowest BCUT2D eigenvalue weighted by Gasteiger charge is -2.41. The van der Waals surface area contributed by atoms with E-state index in [1.807, 2.05) is 31.2 Å². The normalized spacial score (nSPS) is 18.8. The SMILES string of the molecule is Cc1ccc(C(O)CC2c3nc(-c4ccncn4)cc(=O)n3CNC2(C)C)cc1. The molecule has 2 N–H and O–H groups in total. The minimum absolute atomic E-state index is 0.138. The van der Waals surface area contributed by atoms with E-state index >= 15 is 0 Å². The van der Waals surface area contributed by atoms with Crippen LogP contribution in [0.5, 0.6) is 0 Å². The first-order chi connectivity index (χ1) is 13.8. The summed E-state index contributed by atoms with van der Waals surface area (Å²) in [6.45, 7) is 6.56. The summed E-state index contributed by atoms with van der Waals surface area (Å²) in [5, 5.41) is 14.3. The van der Waals surface area contributed by atoms with Crippen LogP contribution in [0.25, 0.3) is 11.4 Å². The molecule has 0 radical (unpaired) electrons. The number of fused-ring (bicyclic) bond motifs is 1. The van der Waals surface area contributed by atoms with E-state index in [0.29, 0.717) is 30.3 Å². The van der Waals surface area contributed by atoms with Crippen molar-refractivity contribution in [1.82, 2.24) is 24.8 Å². The number of aliphatic hydroxyl groups excluding tert-OH is 1. The van der Waals surface area contributed by atoms with E-state index in [1.165, 1.54) is 12.4 Å². The monoisotopic (exact) mass is 391 g/mol. The highest BCUT2D eigenvalue weighted by Crippen LogP contribution is 2.37. The Balaban J connectivity index is 1.75. The van der Waals surface area contributed by atoms with Gasteiger partial charge in [-0.2, -0.15) is 0 Å². The number of rotatable bonds is 4. The second-order valence-corrected chi connectivity index (χ2v) is 8.13. The summed E-state index contributed by atoms with van der Waals surface area (Å²) in [7, 11) is 0. The van der Waals surface area contributed by atoms with Crippen molar-refractivity contribution in [3.63, 3.8) is 0 Å². The third-order valence-electron chi connectivity index (χ3n) is 5.68. The minimum Gasteiger partial charge on any atom is -0.388 e. The van der Waals surface area contributed by atoms with Crippen molar-refractivity contribution in [1.29, 1.82) is 0 Å². The van der Waals surface area contributed by atoms with Gasteiger partial charge in [-0.1, -0.05) is 29.8 Å². The van der Waals surface area contributed by atoms with Crippen molar-refractivity contribution in [2.24, 2.45) is 0 Å². The average molecular weight is 391 g/mol. The van der Waals surface area contributed by atoms with Crippen LogP contribution in [0.4, 0.5) is 0 Å². The number of aryl methyl sites for hydroxylation is 1. The van der Waals surface area contributed by atoms with Gasteiger partial charge in [-0.3, -0.25) is 14.7 Å². The molecule has 1 aromatic carbocycles. The molecule has 3 aromatic rings. The molecule has 2 aromatic heterocycles. The van der Waals surface area contributed by atoms with Gasteiger partial charge in [0.15, 0.2) is 0 Å². The second kappa shape index (κ2) is 7.50. The van der Waals surface area contributed by atoms with Crippen LogP contribution in [0.1, 0.15) is 49.2 Å².